The average Bonchev–Trinajstić information content (AvgIpc) is 1.91. The van der Waals surface area contributed by atoms with Crippen molar-refractivity contribution in [3.8, 4) is 0 Å². The molecule has 0 bridgehead atoms. The van der Waals surface area contributed by atoms with E-state index in [0.29, 0.717) is 12.0 Å². The zero-order valence-electron chi connectivity index (χ0n) is 7.63. The number of rotatable bonds is 1. The summed E-state index contributed by atoms with van der Waals surface area (Å²) in [6.07, 6.45) is 3.33. The van der Waals surface area contributed by atoms with Gasteiger partial charge in [0.25, 0.3) is 0 Å². The van der Waals surface area contributed by atoms with Crippen LogP contribution in [0.25, 0.3) is 0 Å². The fraction of sp³-hybridized carbons (Fsp3) is 0.556. The van der Waals surface area contributed by atoms with Gasteiger partial charge < -0.3 is 0 Å². The molecule has 1 heterocycles. The van der Waals surface area contributed by atoms with Crippen LogP contribution < -0.4 is 0 Å². The molecule has 0 radical (unpaired) electrons. The monoisotopic (exact) mass is 168 g/mol. The lowest BCUT2D eigenvalue weighted by Crippen LogP contribution is -2.11. The molecule has 12 heavy (non-hydrogen) atoms. The van der Waals surface area contributed by atoms with Crippen LogP contribution in [0.1, 0.15) is 26.3 Å². The zero-order valence-corrected chi connectivity index (χ0v) is 7.63. The van der Waals surface area contributed by atoms with E-state index < -0.39 is 0 Å². The molecule has 2 nitrogen and oxygen atoms in total. The molecule has 0 aliphatic rings. The molecule has 1 aromatic rings. The maximum absolute atomic E-state index is 13.0. The first kappa shape index (κ1) is 9.10. The molecular formula is C9H13FN2. The number of hydrogen-bond acceptors (Lipinski definition) is 2. The van der Waals surface area contributed by atoms with E-state index in [1.807, 2.05) is 0 Å². The number of halogens is 1. The van der Waals surface area contributed by atoms with Crippen LogP contribution in [-0.2, 0) is 6.42 Å². The summed E-state index contributed by atoms with van der Waals surface area (Å²) < 4.78 is 13.0. The second kappa shape index (κ2) is 3.17. The minimum Gasteiger partial charge on any atom is -0.205 e. The maximum atomic E-state index is 13.0. The largest absolute Gasteiger partial charge is 0.205 e. The fourth-order valence-electron chi connectivity index (χ4n) is 1.03. The van der Waals surface area contributed by atoms with Crippen molar-refractivity contribution in [2.75, 3.05) is 0 Å². The molecule has 0 saturated carbocycles. The van der Waals surface area contributed by atoms with Crippen LogP contribution >= 0.6 is 0 Å². The zero-order chi connectivity index (χ0) is 9.19. The first-order chi connectivity index (χ1) is 5.49. The lowest BCUT2D eigenvalue weighted by Gasteiger charge is -2.17. The van der Waals surface area contributed by atoms with E-state index in [2.05, 4.69) is 31.0 Å². The van der Waals surface area contributed by atoms with Gasteiger partial charge in [-0.05, 0) is 11.8 Å². The summed E-state index contributed by atoms with van der Waals surface area (Å²) >= 11 is 0. The van der Waals surface area contributed by atoms with Crippen LogP contribution in [0.3, 0.4) is 0 Å². The van der Waals surface area contributed by atoms with Gasteiger partial charge >= 0.3 is 0 Å². The van der Waals surface area contributed by atoms with Crippen LogP contribution in [0.2, 0.25) is 0 Å². The minimum atomic E-state index is -0.264. The molecule has 0 aliphatic carbocycles. The minimum absolute atomic E-state index is 0.0872. The van der Waals surface area contributed by atoms with Crippen molar-refractivity contribution in [1.29, 1.82) is 0 Å². The summed E-state index contributed by atoms with van der Waals surface area (Å²) in [6, 6.07) is 0. The Hall–Kier alpha value is -0.990. The molecule has 66 valence electrons. The van der Waals surface area contributed by atoms with Crippen molar-refractivity contribution in [2.45, 2.75) is 27.2 Å². The van der Waals surface area contributed by atoms with Crippen molar-refractivity contribution in [3.63, 3.8) is 0 Å². The van der Waals surface area contributed by atoms with Gasteiger partial charge in [-0.25, -0.2) is 4.39 Å². The third-order valence-electron chi connectivity index (χ3n) is 1.48. The van der Waals surface area contributed by atoms with Crippen LogP contribution in [0, 0.1) is 11.2 Å². The predicted molar refractivity (Wildman–Crippen MR) is 45.1 cm³/mol. The lowest BCUT2D eigenvalue weighted by atomic mass is 9.89. The molecule has 0 N–H and O–H groups in total. The Morgan fingerprint density at radius 3 is 2.33 bits per heavy atom. The van der Waals surface area contributed by atoms with E-state index in [1.54, 1.807) is 0 Å². The normalized spacial score (nSPS) is 11.7. The Kier molecular flexibility index (Phi) is 2.40. The molecule has 0 fully saturated rings. The van der Waals surface area contributed by atoms with Crippen LogP contribution in [-0.4, -0.2) is 10.2 Å². The van der Waals surface area contributed by atoms with Crippen LogP contribution in [0.15, 0.2) is 12.4 Å². The molecule has 0 saturated heterocycles. The average molecular weight is 168 g/mol. The van der Waals surface area contributed by atoms with Gasteiger partial charge in [0.15, 0.2) is 0 Å². The van der Waals surface area contributed by atoms with Gasteiger partial charge in [0, 0.05) is 5.56 Å². The highest BCUT2D eigenvalue weighted by molar-refractivity contribution is 5.10. The van der Waals surface area contributed by atoms with Gasteiger partial charge in [-0.3, -0.25) is 0 Å². The summed E-state index contributed by atoms with van der Waals surface area (Å²) in [6.45, 7) is 6.19. The molecular weight excluding hydrogens is 155 g/mol. The highest BCUT2D eigenvalue weighted by Crippen LogP contribution is 2.20. The SMILES string of the molecule is CC(C)(C)Cc1cnncc1F. The Balaban J connectivity index is 2.83. The van der Waals surface area contributed by atoms with Gasteiger partial charge in [-0.15, -0.1) is 0 Å². The molecule has 0 unspecified atom stereocenters. The quantitative estimate of drug-likeness (QED) is 0.642. The second-order valence-electron chi connectivity index (χ2n) is 4.10. The summed E-state index contributed by atoms with van der Waals surface area (Å²) in [4.78, 5) is 0. The van der Waals surface area contributed by atoms with Crippen molar-refractivity contribution in [3.05, 3.63) is 23.8 Å². The molecule has 1 rings (SSSR count). The van der Waals surface area contributed by atoms with E-state index in [0.717, 1.165) is 6.20 Å². The number of hydrogen-bond donors (Lipinski definition) is 0. The summed E-state index contributed by atoms with van der Waals surface area (Å²) in [5, 5.41) is 7.09. The van der Waals surface area contributed by atoms with Gasteiger partial charge in [-0.2, -0.15) is 10.2 Å². The number of nitrogens with zero attached hydrogens (tertiary/aromatic N) is 2. The third kappa shape index (κ3) is 2.57. The first-order valence-corrected chi connectivity index (χ1v) is 3.94. The predicted octanol–water partition coefficient (Wildman–Crippen LogP) is 2.20. The Morgan fingerprint density at radius 2 is 1.83 bits per heavy atom. The van der Waals surface area contributed by atoms with Crippen LogP contribution in [0.4, 0.5) is 4.39 Å². The van der Waals surface area contributed by atoms with Crippen molar-refractivity contribution >= 4 is 0 Å². The molecule has 3 heteroatoms. The maximum Gasteiger partial charge on any atom is 0.148 e. The van der Waals surface area contributed by atoms with E-state index in [4.69, 9.17) is 0 Å². The molecule has 0 spiro atoms. The molecule has 1 aromatic heterocycles. The molecule has 0 amide bonds. The summed E-state index contributed by atoms with van der Waals surface area (Å²) in [5.74, 6) is -0.264. The van der Waals surface area contributed by atoms with E-state index in [1.165, 1.54) is 6.20 Å². The fourth-order valence-corrected chi connectivity index (χ4v) is 1.03. The summed E-state index contributed by atoms with van der Waals surface area (Å²) in [5.41, 5.74) is 0.724. The topological polar surface area (TPSA) is 25.8 Å². The van der Waals surface area contributed by atoms with Gasteiger partial charge in [0.1, 0.15) is 5.82 Å². The van der Waals surface area contributed by atoms with E-state index >= 15 is 0 Å². The molecule has 0 aromatic carbocycles. The Labute approximate surface area is 71.8 Å². The molecule has 0 atom stereocenters. The Bertz CT molecular complexity index is 265. The second-order valence-corrected chi connectivity index (χ2v) is 4.10. The van der Waals surface area contributed by atoms with Gasteiger partial charge in [-0.1, -0.05) is 20.8 Å². The standard InChI is InChI=1S/C9H13FN2/c1-9(2,3)4-7-5-11-12-6-8(7)10/h5-6H,4H2,1-3H3. The highest BCUT2D eigenvalue weighted by atomic mass is 19.1. The lowest BCUT2D eigenvalue weighted by molar-refractivity contribution is 0.400. The van der Waals surface area contributed by atoms with E-state index in [-0.39, 0.29) is 11.2 Å². The van der Waals surface area contributed by atoms with Crippen molar-refractivity contribution in [2.24, 2.45) is 5.41 Å². The number of aromatic nitrogens is 2. The van der Waals surface area contributed by atoms with Gasteiger partial charge in [0.2, 0.25) is 0 Å². The smallest absolute Gasteiger partial charge is 0.148 e. The Morgan fingerprint density at radius 1 is 1.25 bits per heavy atom. The van der Waals surface area contributed by atoms with Crippen molar-refractivity contribution in [1.82, 2.24) is 10.2 Å². The molecule has 0 aliphatic heterocycles. The summed E-state index contributed by atoms with van der Waals surface area (Å²) in [7, 11) is 0. The first-order valence-electron chi connectivity index (χ1n) is 3.94. The van der Waals surface area contributed by atoms with Crippen LogP contribution in [0.5, 0.6) is 0 Å². The van der Waals surface area contributed by atoms with E-state index in [9.17, 15) is 4.39 Å². The highest BCUT2D eigenvalue weighted by Gasteiger charge is 2.14. The van der Waals surface area contributed by atoms with Gasteiger partial charge in [0.05, 0.1) is 12.4 Å². The third-order valence-corrected chi connectivity index (χ3v) is 1.48. The van der Waals surface area contributed by atoms with Crippen molar-refractivity contribution < 1.29 is 4.39 Å².